The normalized spacial score (nSPS) is 17.8. The molecule has 3 N–H and O–H groups in total. The van der Waals surface area contributed by atoms with E-state index in [0.29, 0.717) is 17.0 Å². The Labute approximate surface area is 156 Å². The van der Waals surface area contributed by atoms with Crippen LogP contribution in [-0.2, 0) is 16.1 Å². The van der Waals surface area contributed by atoms with Crippen molar-refractivity contribution in [3.05, 3.63) is 28.5 Å². The third kappa shape index (κ3) is 4.12. The van der Waals surface area contributed by atoms with E-state index >= 15 is 0 Å². The average Bonchev–Trinajstić information content (AvgIpc) is 3.23. The number of hydrogen-bond acceptors (Lipinski definition) is 5. The van der Waals surface area contributed by atoms with Gasteiger partial charge in [-0.1, -0.05) is 19.3 Å². The van der Waals surface area contributed by atoms with Crippen LogP contribution in [-0.4, -0.2) is 27.0 Å². The molecule has 0 radical (unpaired) electrons. The summed E-state index contributed by atoms with van der Waals surface area (Å²) in [6, 6.07) is 1.95. The number of aromatic nitrogens is 3. The summed E-state index contributed by atoms with van der Waals surface area (Å²) < 4.78 is 0. The Bertz CT molecular complexity index is 789. The third-order valence-electron chi connectivity index (χ3n) is 5.06. The van der Waals surface area contributed by atoms with Crippen LogP contribution in [0.5, 0.6) is 0 Å². The quantitative estimate of drug-likeness (QED) is 0.701. The topological polar surface area (TPSA) is 99.8 Å². The van der Waals surface area contributed by atoms with Gasteiger partial charge in [0.25, 0.3) is 0 Å². The van der Waals surface area contributed by atoms with Crippen molar-refractivity contribution in [1.29, 1.82) is 0 Å². The van der Waals surface area contributed by atoms with Crippen LogP contribution in [0.2, 0.25) is 0 Å². The maximum atomic E-state index is 12.1. The molecular formula is C18H23N5O2S. The molecule has 0 unspecified atom stereocenters. The van der Waals surface area contributed by atoms with Crippen LogP contribution in [0.4, 0.5) is 5.13 Å². The highest BCUT2D eigenvalue weighted by Gasteiger charge is 2.26. The van der Waals surface area contributed by atoms with Gasteiger partial charge < -0.3 is 5.32 Å². The number of nitrogens with one attached hydrogen (secondary N) is 3. The van der Waals surface area contributed by atoms with E-state index in [2.05, 4.69) is 25.8 Å². The van der Waals surface area contributed by atoms with Gasteiger partial charge in [0, 0.05) is 17.2 Å². The fourth-order valence-corrected chi connectivity index (χ4v) is 4.18. The predicted octanol–water partition coefficient (Wildman–Crippen LogP) is 3.05. The van der Waals surface area contributed by atoms with Crippen LogP contribution in [0.3, 0.4) is 0 Å². The van der Waals surface area contributed by atoms with Crippen LogP contribution in [0.25, 0.3) is 0 Å². The Hall–Kier alpha value is -2.22. The molecule has 2 saturated carbocycles. The Morgan fingerprint density at radius 2 is 1.85 bits per heavy atom. The van der Waals surface area contributed by atoms with Gasteiger partial charge in [-0.3, -0.25) is 20.0 Å². The molecular weight excluding hydrogens is 350 g/mol. The lowest BCUT2D eigenvalue weighted by molar-refractivity contribution is -0.136. The molecule has 2 aliphatic rings. The van der Waals surface area contributed by atoms with Gasteiger partial charge in [0.2, 0.25) is 0 Å². The van der Waals surface area contributed by atoms with E-state index in [1.54, 1.807) is 0 Å². The number of thiazole rings is 1. The highest BCUT2D eigenvalue weighted by molar-refractivity contribution is 7.14. The largest absolute Gasteiger partial charge is 0.342 e. The third-order valence-corrected chi connectivity index (χ3v) is 5.83. The summed E-state index contributed by atoms with van der Waals surface area (Å²) in [5.41, 5.74) is 2.88. The van der Waals surface area contributed by atoms with Crippen molar-refractivity contribution in [1.82, 2.24) is 20.5 Å². The molecule has 4 rings (SSSR count). The lowest BCUT2D eigenvalue weighted by Gasteiger charge is -2.19. The molecule has 0 aromatic carbocycles. The first kappa shape index (κ1) is 17.2. The minimum atomic E-state index is -0.684. The molecule has 2 fully saturated rings. The number of rotatable bonds is 5. The fraction of sp³-hybridized carbons (Fsp3) is 0.556. The molecule has 0 aliphatic heterocycles. The molecule has 2 aliphatic carbocycles. The number of anilines is 1. The smallest absolute Gasteiger partial charge is 0.315 e. The maximum Gasteiger partial charge on any atom is 0.315 e. The Morgan fingerprint density at radius 3 is 2.62 bits per heavy atom. The molecule has 0 saturated heterocycles. The molecule has 2 aromatic rings. The van der Waals surface area contributed by atoms with E-state index in [1.807, 2.05) is 11.4 Å². The van der Waals surface area contributed by atoms with Gasteiger partial charge in [0.05, 0.1) is 23.6 Å². The van der Waals surface area contributed by atoms with Crippen molar-refractivity contribution in [2.75, 3.05) is 5.32 Å². The van der Waals surface area contributed by atoms with E-state index in [1.165, 1.54) is 43.4 Å². The molecule has 7 nitrogen and oxygen atoms in total. The second-order valence-electron chi connectivity index (χ2n) is 7.14. The molecule has 2 aromatic heterocycles. The molecule has 138 valence electrons. The van der Waals surface area contributed by atoms with Gasteiger partial charge in [-0.05, 0) is 31.7 Å². The van der Waals surface area contributed by atoms with Gasteiger partial charge in [0.15, 0.2) is 5.13 Å². The van der Waals surface area contributed by atoms with Crippen LogP contribution >= 0.6 is 11.3 Å². The summed E-state index contributed by atoms with van der Waals surface area (Å²) in [5.74, 6) is -0.304. The van der Waals surface area contributed by atoms with Crippen LogP contribution in [0, 0.1) is 0 Å². The highest BCUT2D eigenvalue weighted by atomic mass is 32.1. The summed E-state index contributed by atoms with van der Waals surface area (Å²) in [6.45, 7) is 0.261. The molecule has 2 heterocycles. The van der Waals surface area contributed by atoms with E-state index in [0.717, 1.165) is 29.9 Å². The van der Waals surface area contributed by atoms with E-state index in [4.69, 9.17) is 0 Å². The summed E-state index contributed by atoms with van der Waals surface area (Å²) in [7, 11) is 0. The first-order valence-electron chi connectivity index (χ1n) is 9.28. The van der Waals surface area contributed by atoms with Gasteiger partial charge in [-0.2, -0.15) is 5.10 Å². The lowest BCUT2D eigenvalue weighted by Crippen LogP contribution is -2.35. The van der Waals surface area contributed by atoms with Crippen molar-refractivity contribution < 1.29 is 9.59 Å². The van der Waals surface area contributed by atoms with Crippen molar-refractivity contribution in [3.8, 4) is 0 Å². The summed E-state index contributed by atoms with van der Waals surface area (Å²) in [4.78, 5) is 28.6. The summed E-state index contributed by atoms with van der Waals surface area (Å²) in [5, 5.41) is 14.8. The zero-order chi connectivity index (χ0) is 17.9. The van der Waals surface area contributed by atoms with E-state index < -0.39 is 11.8 Å². The molecule has 0 bridgehead atoms. The average molecular weight is 373 g/mol. The minimum absolute atomic E-state index is 0.261. The Kier molecular flexibility index (Phi) is 5.01. The lowest BCUT2D eigenvalue weighted by atomic mass is 9.87. The van der Waals surface area contributed by atoms with E-state index in [-0.39, 0.29) is 6.54 Å². The number of nitrogens with zero attached hydrogens (tertiary/aromatic N) is 2. The first-order chi connectivity index (χ1) is 12.7. The summed E-state index contributed by atoms with van der Waals surface area (Å²) in [6.07, 6.45) is 8.44. The zero-order valence-electron chi connectivity index (χ0n) is 14.6. The zero-order valence-corrected chi connectivity index (χ0v) is 15.4. The van der Waals surface area contributed by atoms with Gasteiger partial charge in [0.1, 0.15) is 0 Å². The highest BCUT2D eigenvalue weighted by Crippen LogP contribution is 2.39. The Morgan fingerprint density at radius 1 is 1.08 bits per heavy atom. The first-order valence-corrected chi connectivity index (χ1v) is 10.2. The molecule has 0 atom stereocenters. The van der Waals surface area contributed by atoms with E-state index in [9.17, 15) is 9.59 Å². The van der Waals surface area contributed by atoms with Crippen LogP contribution < -0.4 is 10.6 Å². The molecule has 2 amide bonds. The molecule has 26 heavy (non-hydrogen) atoms. The molecule has 0 spiro atoms. The van der Waals surface area contributed by atoms with Crippen molar-refractivity contribution in [3.63, 3.8) is 0 Å². The minimum Gasteiger partial charge on any atom is -0.342 e. The number of carbonyl (C=O) groups is 2. The number of aromatic amines is 1. The van der Waals surface area contributed by atoms with Crippen LogP contribution in [0.1, 0.15) is 73.9 Å². The number of carbonyl (C=O) groups excluding carboxylic acids is 2. The summed E-state index contributed by atoms with van der Waals surface area (Å²) >= 11 is 1.38. The van der Waals surface area contributed by atoms with Crippen LogP contribution in [0.15, 0.2) is 11.4 Å². The van der Waals surface area contributed by atoms with Crippen molar-refractivity contribution in [2.24, 2.45) is 0 Å². The Balaban J connectivity index is 1.26. The van der Waals surface area contributed by atoms with Gasteiger partial charge in [-0.25, -0.2) is 4.98 Å². The monoisotopic (exact) mass is 373 g/mol. The van der Waals surface area contributed by atoms with Gasteiger partial charge in [-0.15, -0.1) is 11.3 Å². The fourth-order valence-electron chi connectivity index (χ4n) is 3.40. The van der Waals surface area contributed by atoms with Crippen molar-refractivity contribution in [2.45, 2.75) is 63.3 Å². The number of H-pyrrole nitrogens is 1. The SMILES string of the molecule is O=C(NCc1cc(C2CC2)n[nH]1)C(=O)Nc1nc(C2CCCCC2)cs1. The second-order valence-corrected chi connectivity index (χ2v) is 8.00. The van der Waals surface area contributed by atoms with Gasteiger partial charge >= 0.3 is 11.8 Å². The number of amides is 2. The maximum absolute atomic E-state index is 12.1. The standard InChI is InChI=1S/C18H23N5O2S/c24-16(19-9-13-8-14(23-22-13)12-6-7-12)17(25)21-18-20-15(10-26-18)11-4-2-1-3-5-11/h8,10-12H,1-7,9H2,(H,19,24)(H,22,23)(H,20,21,25). The second kappa shape index (κ2) is 7.57. The predicted molar refractivity (Wildman–Crippen MR) is 99.0 cm³/mol. The number of hydrogen-bond donors (Lipinski definition) is 3. The molecule has 8 heteroatoms. The van der Waals surface area contributed by atoms with Crippen molar-refractivity contribution >= 4 is 28.3 Å².